The minimum atomic E-state index is -0.523. The van der Waals surface area contributed by atoms with E-state index in [1.165, 1.54) is 0 Å². The van der Waals surface area contributed by atoms with Crippen LogP contribution in [0.25, 0.3) is 0 Å². The molecule has 0 amide bonds. The molecule has 4 heteroatoms. The van der Waals surface area contributed by atoms with Crippen LogP contribution in [0.1, 0.15) is 10.4 Å². The van der Waals surface area contributed by atoms with Gasteiger partial charge in [-0.1, -0.05) is 54.1 Å². The van der Waals surface area contributed by atoms with Crippen molar-refractivity contribution >= 4 is 17.6 Å². The van der Waals surface area contributed by atoms with E-state index in [2.05, 4.69) is 0 Å². The lowest BCUT2D eigenvalue weighted by molar-refractivity contribution is 0.0732. The van der Waals surface area contributed by atoms with Gasteiger partial charge in [-0.05, 0) is 36.4 Å². The zero-order valence-corrected chi connectivity index (χ0v) is 12.9. The molecule has 114 valence electrons. The third-order valence-corrected chi connectivity index (χ3v) is 3.43. The van der Waals surface area contributed by atoms with Crippen LogP contribution in [0.15, 0.2) is 78.9 Å². The molecular formula is C19H13ClO3. The van der Waals surface area contributed by atoms with E-state index in [1.807, 2.05) is 30.3 Å². The topological polar surface area (TPSA) is 35.5 Å². The van der Waals surface area contributed by atoms with Crippen LogP contribution in [-0.4, -0.2) is 5.97 Å². The van der Waals surface area contributed by atoms with Crippen LogP contribution < -0.4 is 9.47 Å². The molecule has 0 spiro atoms. The number of carbonyl (C=O) groups is 1. The van der Waals surface area contributed by atoms with Crippen LogP contribution in [0.5, 0.6) is 17.2 Å². The fourth-order valence-corrected chi connectivity index (χ4v) is 2.20. The molecule has 0 bridgehead atoms. The summed E-state index contributed by atoms with van der Waals surface area (Å²) < 4.78 is 11.1. The van der Waals surface area contributed by atoms with E-state index >= 15 is 0 Å². The molecule has 0 fully saturated rings. The van der Waals surface area contributed by atoms with Crippen LogP contribution in [0, 0.1) is 0 Å². The Morgan fingerprint density at radius 2 is 1.35 bits per heavy atom. The maximum absolute atomic E-state index is 12.4. The second kappa shape index (κ2) is 6.99. The van der Waals surface area contributed by atoms with Crippen molar-refractivity contribution in [1.29, 1.82) is 0 Å². The van der Waals surface area contributed by atoms with Gasteiger partial charge >= 0.3 is 5.97 Å². The summed E-state index contributed by atoms with van der Waals surface area (Å²) in [5.74, 6) is 0.861. The first kappa shape index (κ1) is 15.1. The highest BCUT2D eigenvalue weighted by Gasteiger charge is 2.16. The highest BCUT2D eigenvalue weighted by atomic mass is 35.5. The Balaban J connectivity index is 1.85. The molecule has 3 aromatic carbocycles. The molecule has 0 N–H and O–H groups in total. The van der Waals surface area contributed by atoms with Gasteiger partial charge in [0.2, 0.25) is 0 Å². The van der Waals surface area contributed by atoms with E-state index in [-0.39, 0.29) is 0 Å². The molecule has 0 aliphatic carbocycles. The molecule has 0 unspecified atom stereocenters. The Labute approximate surface area is 139 Å². The van der Waals surface area contributed by atoms with Crippen molar-refractivity contribution in [2.75, 3.05) is 0 Å². The smallest absolute Gasteiger partial charge is 0.347 e. The number of hydrogen-bond donors (Lipinski definition) is 0. The van der Waals surface area contributed by atoms with E-state index < -0.39 is 5.97 Å². The van der Waals surface area contributed by atoms with Gasteiger partial charge in [0.1, 0.15) is 22.8 Å². The number of rotatable bonds is 4. The maximum atomic E-state index is 12.4. The van der Waals surface area contributed by atoms with Crippen molar-refractivity contribution in [2.24, 2.45) is 0 Å². The van der Waals surface area contributed by atoms with Gasteiger partial charge in [0, 0.05) is 0 Å². The quantitative estimate of drug-likeness (QED) is 0.479. The van der Waals surface area contributed by atoms with Gasteiger partial charge in [0.15, 0.2) is 0 Å². The van der Waals surface area contributed by atoms with Crippen molar-refractivity contribution in [3.05, 3.63) is 89.4 Å². The zero-order chi connectivity index (χ0) is 16.1. The summed E-state index contributed by atoms with van der Waals surface area (Å²) in [6.07, 6.45) is 0. The molecule has 0 aromatic heterocycles. The first-order chi connectivity index (χ1) is 11.2. The Morgan fingerprint density at radius 3 is 2.09 bits per heavy atom. The monoisotopic (exact) mass is 324 g/mol. The van der Waals surface area contributed by atoms with Crippen LogP contribution >= 0.6 is 11.6 Å². The van der Waals surface area contributed by atoms with Gasteiger partial charge in [0.25, 0.3) is 0 Å². The lowest BCUT2D eigenvalue weighted by atomic mass is 10.2. The van der Waals surface area contributed by atoms with Crippen LogP contribution in [-0.2, 0) is 0 Å². The van der Waals surface area contributed by atoms with Gasteiger partial charge in [-0.25, -0.2) is 4.79 Å². The molecule has 0 radical (unpaired) electrons. The lowest BCUT2D eigenvalue weighted by Gasteiger charge is -2.11. The molecule has 0 atom stereocenters. The van der Waals surface area contributed by atoms with Gasteiger partial charge < -0.3 is 9.47 Å². The second-order valence-electron chi connectivity index (χ2n) is 4.73. The third kappa shape index (κ3) is 3.71. The van der Waals surface area contributed by atoms with E-state index in [1.54, 1.807) is 48.5 Å². The van der Waals surface area contributed by atoms with Crippen molar-refractivity contribution < 1.29 is 14.3 Å². The van der Waals surface area contributed by atoms with E-state index in [0.717, 1.165) is 0 Å². The highest BCUT2D eigenvalue weighted by molar-refractivity contribution is 6.32. The molecule has 0 aliphatic rings. The molecule has 23 heavy (non-hydrogen) atoms. The number of para-hydroxylation sites is 3. The number of ether oxygens (including phenoxy) is 2. The van der Waals surface area contributed by atoms with Crippen molar-refractivity contribution in [1.82, 2.24) is 0 Å². The largest absolute Gasteiger partial charge is 0.456 e. The fourth-order valence-electron chi connectivity index (χ4n) is 2.02. The molecule has 3 aromatic rings. The third-order valence-electron chi connectivity index (χ3n) is 3.12. The van der Waals surface area contributed by atoms with Crippen LogP contribution in [0.2, 0.25) is 5.02 Å². The standard InChI is InChI=1S/C19H13ClO3/c20-16-11-5-7-13-18(16)23-19(21)15-10-4-6-12-17(15)22-14-8-2-1-3-9-14/h1-13H. The van der Waals surface area contributed by atoms with Crippen LogP contribution in [0.4, 0.5) is 0 Å². The summed E-state index contributed by atoms with van der Waals surface area (Å²) in [6, 6.07) is 23.0. The summed E-state index contributed by atoms with van der Waals surface area (Å²) in [6.45, 7) is 0. The summed E-state index contributed by atoms with van der Waals surface area (Å²) in [5.41, 5.74) is 0.330. The minimum Gasteiger partial charge on any atom is -0.456 e. The lowest BCUT2D eigenvalue weighted by Crippen LogP contribution is -2.10. The fraction of sp³-hybridized carbons (Fsp3) is 0. The van der Waals surface area contributed by atoms with Gasteiger partial charge in [-0.15, -0.1) is 0 Å². The molecule has 0 saturated carbocycles. The SMILES string of the molecule is O=C(Oc1ccccc1Cl)c1ccccc1Oc1ccccc1. The summed E-state index contributed by atoms with van der Waals surface area (Å²) in [4.78, 5) is 12.4. The van der Waals surface area contributed by atoms with E-state index in [0.29, 0.717) is 27.8 Å². The molecule has 0 heterocycles. The number of carbonyl (C=O) groups excluding carboxylic acids is 1. The molecule has 0 aliphatic heterocycles. The highest BCUT2D eigenvalue weighted by Crippen LogP contribution is 2.28. The average molecular weight is 325 g/mol. The van der Waals surface area contributed by atoms with Crippen molar-refractivity contribution in [2.45, 2.75) is 0 Å². The summed E-state index contributed by atoms with van der Waals surface area (Å²) in [5, 5.41) is 0.377. The molecule has 0 saturated heterocycles. The molecular weight excluding hydrogens is 312 g/mol. The van der Waals surface area contributed by atoms with Gasteiger partial charge in [0.05, 0.1) is 5.02 Å². The van der Waals surface area contributed by atoms with Gasteiger partial charge in [-0.3, -0.25) is 0 Å². The first-order valence-corrected chi connectivity index (χ1v) is 7.40. The Hall–Kier alpha value is -2.78. The van der Waals surface area contributed by atoms with Crippen molar-refractivity contribution in [3.8, 4) is 17.2 Å². The molecule has 3 nitrogen and oxygen atoms in total. The van der Waals surface area contributed by atoms with Crippen molar-refractivity contribution in [3.63, 3.8) is 0 Å². The molecule has 3 rings (SSSR count). The predicted octanol–water partition coefficient (Wildman–Crippen LogP) is 5.35. The Kier molecular flexibility index (Phi) is 4.60. The number of benzene rings is 3. The number of esters is 1. The van der Waals surface area contributed by atoms with E-state index in [4.69, 9.17) is 21.1 Å². The van der Waals surface area contributed by atoms with E-state index in [9.17, 15) is 4.79 Å². The maximum Gasteiger partial charge on any atom is 0.347 e. The second-order valence-corrected chi connectivity index (χ2v) is 5.14. The number of hydrogen-bond acceptors (Lipinski definition) is 3. The predicted molar refractivity (Wildman–Crippen MR) is 89.4 cm³/mol. The average Bonchev–Trinajstić information content (AvgIpc) is 2.58. The van der Waals surface area contributed by atoms with Crippen LogP contribution in [0.3, 0.4) is 0 Å². The summed E-state index contributed by atoms with van der Waals surface area (Å²) >= 11 is 6.02. The summed E-state index contributed by atoms with van der Waals surface area (Å²) in [7, 11) is 0. The Bertz CT molecular complexity index is 816. The first-order valence-electron chi connectivity index (χ1n) is 7.02. The minimum absolute atomic E-state index is 0.314. The zero-order valence-electron chi connectivity index (χ0n) is 12.1. The number of halogens is 1. The normalized spacial score (nSPS) is 10.1. The Morgan fingerprint density at radius 1 is 0.739 bits per heavy atom. The van der Waals surface area contributed by atoms with Gasteiger partial charge in [-0.2, -0.15) is 0 Å².